The van der Waals surface area contributed by atoms with Gasteiger partial charge < -0.3 is 25.0 Å². The second kappa shape index (κ2) is 12.0. The van der Waals surface area contributed by atoms with Crippen LogP contribution in [0.3, 0.4) is 0 Å². The zero-order valence-corrected chi connectivity index (χ0v) is 27.3. The largest absolute Gasteiger partial charge is 0.511 e. The zero-order chi connectivity index (χ0) is 34.8. The predicted molar refractivity (Wildman–Crippen MR) is 171 cm³/mol. The predicted octanol–water partition coefficient (Wildman–Crippen LogP) is 6.04. The van der Waals surface area contributed by atoms with E-state index >= 15 is 0 Å². The maximum atomic E-state index is 13.7. The number of methoxy groups -OCH3 is 1. The number of alkyl halides is 3. The Hall–Kier alpha value is -4.78. The first-order chi connectivity index (χ1) is 22.7. The van der Waals surface area contributed by atoms with Gasteiger partial charge in [-0.25, -0.2) is 19.8 Å². The molecule has 0 aromatic rings. The van der Waals surface area contributed by atoms with Gasteiger partial charge >= 0.3 is 18.1 Å². The average molecular weight is 665 g/mol. The maximum Gasteiger partial charge on any atom is 0.491 e. The molecule has 1 fully saturated rings. The molecule has 252 valence electrons. The molecule has 0 amide bonds. The van der Waals surface area contributed by atoms with E-state index in [1.165, 1.54) is 7.11 Å². The minimum Gasteiger partial charge on any atom is -0.511 e. The molecular weight excluding hydrogens is 629 g/mol. The normalized spacial score (nSPS) is 23.6. The molecule has 5 aliphatic heterocycles. The third-order valence-corrected chi connectivity index (χ3v) is 9.74. The van der Waals surface area contributed by atoms with Crippen LogP contribution in [-0.4, -0.2) is 59.2 Å². The average Bonchev–Trinajstić information content (AvgIpc) is 3.79. The summed E-state index contributed by atoms with van der Waals surface area (Å²) in [6.45, 7) is 8.61. The second-order valence-electron chi connectivity index (χ2n) is 12.4. The van der Waals surface area contributed by atoms with Crippen molar-refractivity contribution < 1.29 is 42.4 Å². The van der Waals surface area contributed by atoms with Crippen LogP contribution in [-0.2, 0) is 19.1 Å². The Morgan fingerprint density at radius 1 is 1.00 bits per heavy atom. The zero-order valence-electron chi connectivity index (χ0n) is 27.3. The molecule has 1 aliphatic carbocycles. The molecule has 0 radical (unpaired) electrons. The van der Waals surface area contributed by atoms with Gasteiger partial charge in [0.2, 0.25) is 0 Å². The van der Waals surface area contributed by atoms with Gasteiger partial charge in [-0.3, -0.25) is 4.79 Å². The minimum absolute atomic E-state index is 0.00465. The standard InChI is InChI=1S/C35H35F3N4O6/c1-7-18-14(2)22-11-25-21(13-43)16(4)29(41-25)33(48-34(46)35(36,37)38)30-15(3)19(8-9-27(45)47-6)31(42-30)20-10-26(44)28-17(5)23(40-32(20)28)12-24(18)39-22/h11-12,15,19,42-44H,7-10,13H2,1-6H3/t15-,19-/m0/s1. The number of aliphatic hydroxyl groups excluding tert-OH is 2. The molecule has 6 rings (SSSR count). The van der Waals surface area contributed by atoms with Crippen molar-refractivity contribution in [3.05, 3.63) is 91.2 Å². The van der Waals surface area contributed by atoms with Crippen LogP contribution in [0.1, 0.15) is 60.3 Å². The van der Waals surface area contributed by atoms with Crippen LogP contribution >= 0.6 is 0 Å². The Labute approximate surface area is 274 Å². The molecule has 10 nitrogen and oxygen atoms in total. The summed E-state index contributed by atoms with van der Waals surface area (Å²) in [4.78, 5) is 39.2. The van der Waals surface area contributed by atoms with Gasteiger partial charge in [-0.05, 0) is 68.1 Å². The number of aliphatic imine (C=N–C) groups is 3. The van der Waals surface area contributed by atoms with Gasteiger partial charge in [0, 0.05) is 47.1 Å². The van der Waals surface area contributed by atoms with Gasteiger partial charge in [-0.2, -0.15) is 13.2 Å². The van der Waals surface area contributed by atoms with Gasteiger partial charge in [0.15, 0.2) is 5.76 Å². The highest BCUT2D eigenvalue weighted by atomic mass is 19.4. The lowest BCUT2D eigenvalue weighted by Gasteiger charge is -2.18. The molecular formula is C35H35F3N4O6. The van der Waals surface area contributed by atoms with Crippen LogP contribution in [0, 0.1) is 11.8 Å². The lowest BCUT2D eigenvalue weighted by Crippen LogP contribution is -2.29. The van der Waals surface area contributed by atoms with Crippen LogP contribution < -0.4 is 5.32 Å². The fraction of sp³-hybridized carbons (Fsp3) is 0.400. The SMILES string of the molecule is CCC1=C(C)C2=NC1=CC1=C(C)C3=C(O)CC(=C4NC(=C(OC(=O)C(F)(F)F)C5=NC(=C2)C(CO)=C5C)[C@@H](C)[C@@H]4CCC(=O)OC)C3=N1. The van der Waals surface area contributed by atoms with E-state index in [9.17, 15) is 33.0 Å². The summed E-state index contributed by atoms with van der Waals surface area (Å²) >= 11 is 0. The van der Waals surface area contributed by atoms with Crippen LogP contribution in [0.4, 0.5) is 13.2 Å². The van der Waals surface area contributed by atoms with Crippen molar-refractivity contribution in [3.63, 3.8) is 0 Å². The van der Waals surface area contributed by atoms with Crippen LogP contribution in [0.25, 0.3) is 0 Å². The highest BCUT2D eigenvalue weighted by molar-refractivity contribution is 6.21. The summed E-state index contributed by atoms with van der Waals surface area (Å²) in [5.41, 5.74) is 7.59. The smallest absolute Gasteiger partial charge is 0.491 e. The van der Waals surface area contributed by atoms with E-state index in [0.29, 0.717) is 57.2 Å². The number of ether oxygens (including phenoxy) is 2. The molecule has 48 heavy (non-hydrogen) atoms. The van der Waals surface area contributed by atoms with Crippen molar-refractivity contribution >= 4 is 29.1 Å². The van der Waals surface area contributed by atoms with Crippen molar-refractivity contribution in [2.75, 3.05) is 13.7 Å². The Bertz CT molecular complexity index is 1930. The van der Waals surface area contributed by atoms with Crippen molar-refractivity contribution in [1.29, 1.82) is 0 Å². The van der Waals surface area contributed by atoms with E-state index in [1.54, 1.807) is 19.9 Å². The van der Waals surface area contributed by atoms with E-state index in [2.05, 4.69) is 10.3 Å². The van der Waals surface area contributed by atoms with Crippen molar-refractivity contribution in [2.45, 2.75) is 66.5 Å². The summed E-state index contributed by atoms with van der Waals surface area (Å²) in [5.74, 6) is -4.39. The molecule has 13 heteroatoms. The third kappa shape index (κ3) is 5.29. The first kappa shape index (κ1) is 33.1. The fourth-order valence-corrected chi connectivity index (χ4v) is 7.10. The summed E-state index contributed by atoms with van der Waals surface area (Å²) in [5, 5.41) is 24.9. The molecule has 5 heterocycles. The van der Waals surface area contributed by atoms with E-state index < -0.39 is 42.3 Å². The molecule has 1 saturated heterocycles. The molecule has 0 saturated carbocycles. The molecule has 0 aromatic carbocycles. The molecule has 0 spiro atoms. The summed E-state index contributed by atoms with van der Waals surface area (Å²) < 4.78 is 51.2. The van der Waals surface area contributed by atoms with Crippen LogP contribution in [0.5, 0.6) is 0 Å². The number of aliphatic hydroxyl groups is 2. The number of rotatable bonds is 6. The summed E-state index contributed by atoms with van der Waals surface area (Å²) in [7, 11) is 1.27. The molecule has 0 unspecified atom stereocenters. The number of allylic oxidation sites excluding steroid dienone is 10. The molecule has 2 atom stereocenters. The number of nitrogens with zero attached hydrogens (tertiary/aromatic N) is 3. The summed E-state index contributed by atoms with van der Waals surface area (Å²) in [6, 6.07) is 0. The van der Waals surface area contributed by atoms with E-state index in [-0.39, 0.29) is 42.1 Å². The quantitative estimate of drug-likeness (QED) is 0.294. The van der Waals surface area contributed by atoms with Crippen LogP contribution in [0.15, 0.2) is 106 Å². The van der Waals surface area contributed by atoms with E-state index in [4.69, 9.17) is 19.5 Å². The van der Waals surface area contributed by atoms with Gasteiger partial charge in [-0.1, -0.05) is 13.8 Å². The number of hydrogen-bond donors (Lipinski definition) is 3. The Morgan fingerprint density at radius 3 is 2.35 bits per heavy atom. The van der Waals surface area contributed by atoms with Gasteiger partial charge in [0.1, 0.15) is 11.5 Å². The first-order valence-electron chi connectivity index (χ1n) is 15.7. The third-order valence-electron chi connectivity index (χ3n) is 9.74. The number of carbonyl (C=O) groups excluding carboxylic acids is 2. The van der Waals surface area contributed by atoms with E-state index in [0.717, 1.165) is 16.7 Å². The number of esters is 2. The number of hydrogen-bond acceptors (Lipinski definition) is 10. The van der Waals surface area contributed by atoms with Crippen molar-refractivity contribution in [3.8, 4) is 0 Å². The van der Waals surface area contributed by atoms with Gasteiger partial charge in [0.05, 0.1) is 47.9 Å². The molecule has 6 aliphatic rings. The Balaban J connectivity index is 1.67. The minimum atomic E-state index is -5.32. The fourth-order valence-electron chi connectivity index (χ4n) is 7.10. The highest BCUT2D eigenvalue weighted by Gasteiger charge is 2.47. The Kier molecular flexibility index (Phi) is 8.30. The highest BCUT2D eigenvalue weighted by Crippen LogP contribution is 2.47. The number of nitrogens with one attached hydrogen (secondary N) is 1. The lowest BCUT2D eigenvalue weighted by atomic mass is 9.86. The Morgan fingerprint density at radius 2 is 1.71 bits per heavy atom. The topological polar surface area (TPSA) is 142 Å². The van der Waals surface area contributed by atoms with Crippen molar-refractivity contribution in [2.24, 2.45) is 26.8 Å². The molecule has 3 N–H and O–H groups in total. The number of fused-ring (bicyclic) bond motifs is 5. The van der Waals surface area contributed by atoms with Crippen molar-refractivity contribution in [1.82, 2.24) is 5.32 Å². The summed E-state index contributed by atoms with van der Waals surface area (Å²) in [6.07, 6.45) is -0.830. The van der Waals surface area contributed by atoms with E-state index in [1.807, 2.05) is 26.8 Å². The second-order valence-corrected chi connectivity index (χ2v) is 12.4. The molecule has 8 bridgehead atoms. The lowest BCUT2D eigenvalue weighted by molar-refractivity contribution is -0.194. The van der Waals surface area contributed by atoms with Gasteiger partial charge in [0.25, 0.3) is 0 Å². The maximum absolute atomic E-state index is 13.7. The van der Waals surface area contributed by atoms with Gasteiger partial charge in [-0.15, -0.1) is 0 Å². The first-order valence-corrected chi connectivity index (χ1v) is 15.7. The monoisotopic (exact) mass is 664 g/mol. The number of carbonyl (C=O) groups is 2. The van der Waals surface area contributed by atoms with Crippen LogP contribution in [0.2, 0.25) is 0 Å². The molecule has 0 aromatic heterocycles. The number of halogens is 3.